The molecule has 0 fully saturated rings. The molecule has 3 heteroatoms. The summed E-state index contributed by atoms with van der Waals surface area (Å²) in [5, 5.41) is 7.36. The number of nitrogens with one attached hydrogen (secondary N) is 1. The van der Waals surface area contributed by atoms with Crippen molar-refractivity contribution in [2.75, 3.05) is 7.05 Å². The lowest BCUT2D eigenvalue weighted by atomic mass is 9.99. The first-order valence-electron chi connectivity index (χ1n) is 6.64. The Morgan fingerprint density at radius 2 is 1.50 bits per heavy atom. The van der Waals surface area contributed by atoms with E-state index >= 15 is 0 Å². The molecule has 20 heavy (non-hydrogen) atoms. The molecule has 2 aromatic carbocycles. The van der Waals surface area contributed by atoms with Crippen LogP contribution in [-0.4, -0.2) is 12.2 Å². The topological polar surface area (TPSA) is 38.1 Å². The van der Waals surface area contributed by atoms with Crippen molar-refractivity contribution in [2.45, 2.75) is 6.54 Å². The van der Waals surface area contributed by atoms with Crippen LogP contribution in [0.4, 0.5) is 0 Å². The second-order valence-electron chi connectivity index (χ2n) is 4.60. The molecule has 0 spiro atoms. The Kier molecular flexibility index (Phi) is 3.61. The van der Waals surface area contributed by atoms with E-state index in [-0.39, 0.29) is 0 Å². The van der Waals surface area contributed by atoms with Crippen molar-refractivity contribution in [3.05, 3.63) is 66.4 Å². The van der Waals surface area contributed by atoms with Crippen LogP contribution in [0.15, 0.2) is 65.2 Å². The van der Waals surface area contributed by atoms with Gasteiger partial charge in [-0.3, -0.25) is 0 Å². The lowest BCUT2D eigenvalue weighted by Gasteiger charge is -2.04. The van der Waals surface area contributed by atoms with Crippen molar-refractivity contribution in [3.8, 4) is 22.5 Å². The molecule has 3 nitrogen and oxygen atoms in total. The lowest BCUT2D eigenvalue weighted by Crippen LogP contribution is -2.06. The van der Waals surface area contributed by atoms with E-state index in [1.807, 2.05) is 55.6 Å². The van der Waals surface area contributed by atoms with E-state index in [1.165, 1.54) is 0 Å². The van der Waals surface area contributed by atoms with Crippen molar-refractivity contribution >= 4 is 0 Å². The zero-order valence-corrected chi connectivity index (χ0v) is 11.3. The predicted octanol–water partition coefficient (Wildman–Crippen LogP) is 3.73. The van der Waals surface area contributed by atoms with E-state index in [0.717, 1.165) is 28.1 Å². The van der Waals surface area contributed by atoms with Crippen LogP contribution in [0.3, 0.4) is 0 Å². The van der Waals surface area contributed by atoms with Gasteiger partial charge >= 0.3 is 0 Å². The maximum absolute atomic E-state index is 5.60. The van der Waals surface area contributed by atoms with Crippen LogP contribution in [0.5, 0.6) is 0 Å². The molecule has 0 saturated heterocycles. The van der Waals surface area contributed by atoms with E-state index in [1.54, 1.807) is 0 Å². The Hall–Kier alpha value is -2.39. The van der Waals surface area contributed by atoms with Gasteiger partial charge in [0.05, 0.1) is 5.56 Å². The zero-order chi connectivity index (χ0) is 13.8. The Morgan fingerprint density at radius 3 is 2.10 bits per heavy atom. The van der Waals surface area contributed by atoms with Crippen molar-refractivity contribution < 1.29 is 4.52 Å². The third-order valence-electron chi connectivity index (χ3n) is 3.21. The van der Waals surface area contributed by atoms with E-state index < -0.39 is 0 Å². The molecule has 0 bridgehead atoms. The van der Waals surface area contributed by atoms with E-state index in [0.29, 0.717) is 6.54 Å². The van der Waals surface area contributed by atoms with Crippen LogP contribution < -0.4 is 5.32 Å². The fourth-order valence-corrected chi connectivity index (χ4v) is 2.30. The quantitative estimate of drug-likeness (QED) is 0.780. The molecule has 0 amide bonds. The predicted molar refractivity (Wildman–Crippen MR) is 80.1 cm³/mol. The normalized spacial score (nSPS) is 10.7. The van der Waals surface area contributed by atoms with Gasteiger partial charge in [0.1, 0.15) is 5.69 Å². The smallest absolute Gasteiger partial charge is 0.174 e. The first-order valence-corrected chi connectivity index (χ1v) is 6.64. The number of benzene rings is 2. The summed E-state index contributed by atoms with van der Waals surface area (Å²) in [6, 6.07) is 20.3. The van der Waals surface area contributed by atoms with Crippen molar-refractivity contribution in [1.82, 2.24) is 10.5 Å². The van der Waals surface area contributed by atoms with E-state index in [2.05, 4.69) is 22.6 Å². The van der Waals surface area contributed by atoms with Crippen molar-refractivity contribution in [3.63, 3.8) is 0 Å². The standard InChI is InChI=1S/C17H16N2O/c1-18-12-15-16(13-8-4-2-5-9-13)17(20-19-15)14-10-6-3-7-11-14/h2-11,18H,12H2,1H3. The fraction of sp³-hybridized carbons (Fsp3) is 0.118. The number of rotatable bonds is 4. The Morgan fingerprint density at radius 1 is 0.900 bits per heavy atom. The molecule has 0 saturated carbocycles. The average Bonchev–Trinajstić information content (AvgIpc) is 2.93. The van der Waals surface area contributed by atoms with Gasteiger partial charge in [0, 0.05) is 12.1 Å². The third kappa shape index (κ3) is 2.36. The van der Waals surface area contributed by atoms with Crippen molar-refractivity contribution in [1.29, 1.82) is 0 Å². The molecule has 0 unspecified atom stereocenters. The van der Waals surface area contributed by atoms with Crippen LogP contribution in [0.1, 0.15) is 5.69 Å². The Labute approximate surface area is 118 Å². The minimum Gasteiger partial charge on any atom is -0.355 e. The molecule has 1 heterocycles. The van der Waals surface area contributed by atoms with Gasteiger partial charge in [-0.1, -0.05) is 65.8 Å². The molecule has 0 atom stereocenters. The molecule has 1 aromatic heterocycles. The SMILES string of the molecule is CNCc1noc(-c2ccccc2)c1-c1ccccc1. The molecule has 1 N–H and O–H groups in total. The van der Waals surface area contributed by atoms with E-state index in [4.69, 9.17) is 4.52 Å². The van der Waals surface area contributed by atoms with Gasteiger partial charge in [-0.15, -0.1) is 0 Å². The van der Waals surface area contributed by atoms with Crippen LogP contribution in [-0.2, 0) is 6.54 Å². The molecule has 3 rings (SSSR count). The highest BCUT2D eigenvalue weighted by Crippen LogP contribution is 2.34. The minimum atomic E-state index is 0.681. The van der Waals surface area contributed by atoms with Gasteiger partial charge < -0.3 is 9.84 Å². The number of aromatic nitrogens is 1. The number of hydrogen-bond acceptors (Lipinski definition) is 3. The van der Waals surface area contributed by atoms with Crippen LogP contribution in [0.25, 0.3) is 22.5 Å². The Bertz CT molecular complexity index is 675. The first-order chi connectivity index (χ1) is 9.90. The molecule has 3 aromatic rings. The summed E-state index contributed by atoms with van der Waals surface area (Å²) < 4.78 is 5.60. The van der Waals surface area contributed by atoms with Crippen LogP contribution in [0.2, 0.25) is 0 Å². The second kappa shape index (κ2) is 5.72. The van der Waals surface area contributed by atoms with Crippen LogP contribution in [0, 0.1) is 0 Å². The highest BCUT2D eigenvalue weighted by atomic mass is 16.5. The molecular weight excluding hydrogens is 248 g/mol. The summed E-state index contributed by atoms with van der Waals surface area (Å²) in [6.45, 7) is 0.681. The zero-order valence-electron chi connectivity index (χ0n) is 11.3. The fourth-order valence-electron chi connectivity index (χ4n) is 2.30. The summed E-state index contributed by atoms with van der Waals surface area (Å²) in [6.07, 6.45) is 0. The van der Waals surface area contributed by atoms with Gasteiger partial charge in [0.2, 0.25) is 0 Å². The van der Waals surface area contributed by atoms with Gasteiger partial charge in [-0.25, -0.2) is 0 Å². The third-order valence-corrected chi connectivity index (χ3v) is 3.21. The van der Waals surface area contributed by atoms with Gasteiger partial charge in [-0.2, -0.15) is 0 Å². The molecular formula is C17H16N2O. The Balaban J connectivity index is 2.17. The van der Waals surface area contributed by atoms with Gasteiger partial charge in [0.25, 0.3) is 0 Å². The van der Waals surface area contributed by atoms with Crippen LogP contribution >= 0.6 is 0 Å². The summed E-state index contributed by atoms with van der Waals surface area (Å²) in [7, 11) is 1.91. The molecule has 100 valence electrons. The number of hydrogen-bond donors (Lipinski definition) is 1. The summed E-state index contributed by atoms with van der Waals surface area (Å²) in [5.41, 5.74) is 4.16. The summed E-state index contributed by atoms with van der Waals surface area (Å²) in [5.74, 6) is 0.821. The molecule has 0 aliphatic heterocycles. The average molecular weight is 264 g/mol. The molecule has 0 aliphatic rings. The summed E-state index contributed by atoms with van der Waals surface area (Å²) in [4.78, 5) is 0. The summed E-state index contributed by atoms with van der Waals surface area (Å²) >= 11 is 0. The van der Waals surface area contributed by atoms with Crippen molar-refractivity contribution in [2.24, 2.45) is 0 Å². The highest BCUT2D eigenvalue weighted by Gasteiger charge is 2.18. The number of nitrogens with zero attached hydrogens (tertiary/aromatic N) is 1. The highest BCUT2D eigenvalue weighted by molar-refractivity contribution is 5.81. The molecule has 0 radical (unpaired) electrons. The minimum absolute atomic E-state index is 0.681. The first kappa shape index (κ1) is 12.6. The van der Waals surface area contributed by atoms with Gasteiger partial charge in [0.15, 0.2) is 5.76 Å². The lowest BCUT2D eigenvalue weighted by molar-refractivity contribution is 0.421. The second-order valence-corrected chi connectivity index (χ2v) is 4.60. The maximum Gasteiger partial charge on any atom is 0.174 e. The monoisotopic (exact) mass is 264 g/mol. The van der Waals surface area contributed by atoms with E-state index in [9.17, 15) is 0 Å². The molecule has 0 aliphatic carbocycles. The van der Waals surface area contributed by atoms with Gasteiger partial charge in [-0.05, 0) is 12.6 Å². The largest absolute Gasteiger partial charge is 0.355 e. The maximum atomic E-state index is 5.60.